The summed E-state index contributed by atoms with van der Waals surface area (Å²) in [5, 5.41) is 11.9. The summed E-state index contributed by atoms with van der Waals surface area (Å²) < 4.78 is 26.5. The summed E-state index contributed by atoms with van der Waals surface area (Å²) in [6.45, 7) is 4.22. The fourth-order valence-corrected chi connectivity index (χ4v) is 3.86. The van der Waals surface area contributed by atoms with Crippen molar-refractivity contribution < 1.29 is 18.3 Å². The number of carbonyl (C=O) groups excluding carboxylic acids is 1. The molecule has 1 aromatic carbocycles. The molecule has 1 heterocycles. The fourth-order valence-electron chi connectivity index (χ4n) is 2.29. The molecule has 1 aliphatic rings. The van der Waals surface area contributed by atoms with E-state index in [0.717, 1.165) is 12.8 Å². The number of nitrogens with one attached hydrogen (secondary N) is 1. The van der Waals surface area contributed by atoms with Gasteiger partial charge in [0.05, 0.1) is 17.0 Å². The molecule has 1 fully saturated rings. The second-order valence-corrected chi connectivity index (χ2v) is 8.07. The zero-order valence-electron chi connectivity index (χ0n) is 12.9. The maximum absolute atomic E-state index is 12.5. The highest BCUT2D eigenvalue weighted by atomic mass is 32.2. The Morgan fingerprint density at radius 3 is 2.55 bits per heavy atom. The van der Waals surface area contributed by atoms with Crippen LogP contribution in [-0.2, 0) is 10.0 Å². The molecular weight excluding hydrogens is 304 g/mol. The van der Waals surface area contributed by atoms with Gasteiger partial charge in [0.2, 0.25) is 10.0 Å². The average Bonchev–Trinajstić information content (AvgIpc) is 3.02. The van der Waals surface area contributed by atoms with Crippen LogP contribution < -0.4 is 5.32 Å². The number of rotatable bonds is 5. The highest BCUT2D eigenvalue weighted by molar-refractivity contribution is 7.89. The topological polar surface area (TPSA) is 86.7 Å². The van der Waals surface area contributed by atoms with Crippen LogP contribution in [0.5, 0.6) is 0 Å². The van der Waals surface area contributed by atoms with Gasteiger partial charge in [0, 0.05) is 18.7 Å². The highest BCUT2D eigenvalue weighted by Gasteiger charge is 2.28. The van der Waals surface area contributed by atoms with Gasteiger partial charge in [-0.3, -0.25) is 4.79 Å². The number of amides is 1. The van der Waals surface area contributed by atoms with Crippen LogP contribution in [0.15, 0.2) is 29.2 Å². The molecule has 0 atom stereocenters. The zero-order chi connectivity index (χ0) is 16.4. The largest absolute Gasteiger partial charge is 0.394 e. The van der Waals surface area contributed by atoms with Gasteiger partial charge in [0.25, 0.3) is 5.91 Å². The molecule has 6 nitrogen and oxygen atoms in total. The van der Waals surface area contributed by atoms with Crippen molar-refractivity contribution in [2.45, 2.75) is 37.1 Å². The fraction of sp³-hybridized carbons (Fsp3) is 0.533. The summed E-state index contributed by atoms with van der Waals surface area (Å²) in [5.74, 6) is -0.405. The van der Waals surface area contributed by atoms with E-state index >= 15 is 0 Å². The van der Waals surface area contributed by atoms with Crippen molar-refractivity contribution in [2.75, 3.05) is 19.7 Å². The molecule has 1 aliphatic heterocycles. The molecule has 0 spiro atoms. The van der Waals surface area contributed by atoms with Crippen LogP contribution in [0.2, 0.25) is 0 Å². The molecule has 7 heteroatoms. The van der Waals surface area contributed by atoms with E-state index in [1.165, 1.54) is 16.4 Å². The van der Waals surface area contributed by atoms with Crippen LogP contribution >= 0.6 is 0 Å². The summed E-state index contributed by atoms with van der Waals surface area (Å²) in [6, 6.07) is 6.01. The first kappa shape index (κ1) is 16.9. The highest BCUT2D eigenvalue weighted by Crippen LogP contribution is 2.21. The second kappa shape index (κ2) is 6.36. The minimum atomic E-state index is -3.54. The molecule has 0 radical (unpaired) electrons. The average molecular weight is 326 g/mol. The Bertz CT molecular complexity index is 649. The lowest BCUT2D eigenvalue weighted by molar-refractivity contribution is 0.0869. The van der Waals surface area contributed by atoms with Crippen molar-refractivity contribution in [3.05, 3.63) is 29.8 Å². The van der Waals surface area contributed by atoms with Gasteiger partial charge in [-0.15, -0.1) is 0 Å². The van der Waals surface area contributed by atoms with Gasteiger partial charge in [-0.2, -0.15) is 4.31 Å². The van der Waals surface area contributed by atoms with Gasteiger partial charge in [0.1, 0.15) is 0 Å². The van der Waals surface area contributed by atoms with Crippen molar-refractivity contribution in [2.24, 2.45) is 0 Å². The Morgan fingerprint density at radius 2 is 1.95 bits per heavy atom. The van der Waals surface area contributed by atoms with Crippen molar-refractivity contribution >= 4 is 15.9 Å². The molecule has 22 heavy (non-hydrogen) atoms. The number of hydrogen-bond donors (Lipinski definition) is 2. The van der Waals surface area contributed by atoms with Gasteiger partial charge in [0.15, 0.2) is 0 Å². The van der Waals surface area contributed by atoms with E-state index in [9.17, 15) is 18.3 Å². The molecule has 2 N–H and O–H groups in total. The molecule has 1 aromatic rings. The van der Waals surface area contributed by atoms with Crippen molar-refractivity contribution in [1.29, 1.82) is 0 Å². The normalized spacial score (nSPS) is 16.7. The van der Waals surface area contributed by atoms with Gasteiger partial charge >= 0.3 is 0 Å². The van der Waals surface area contributed by atoms with Crippen LogP contribution in [0.1, 0.15) is 37.0 Å². The van der Waals surface area contributed by atoms with Crippen LogP contribution in [0.25, 0.3) is 0 Å². The maximum atomic E-state index is 12.5. The summed E-state index contributed by atoms with van der Waals surface area (Å²) in [6.07, 6.45) is 1.73. The predicted octanol–water partition coefficient (Wildman–Crippen LogP) is 0.972. The van der Waals surface area contributed by atoms with Crippen molar-refractivity contribution in [1.82, 2.24) is 9.62 Å². The summed E-state index contributed by atoms with van der Waals surface area (Å²) in [5.41, 5.74) is -0.497. The molecule has 1 saturated heterocycles. The first-order valence-electron chi connectivity index (χ1n) is 7.30. The third-order valence-electron chi connectivity index (χ3n) is 3.65. The van der Waals surface area contributed by atoms with Crippen LogP contribution in [0.3, 0.4) is 0 Å². The SMILES string of the molecule is CC(C)(CO)NC(=O)c1cccc(S(=O)(=O)N2CCCC2)c1. The number of benzene rings is 1. The smallest absolute Gasteiger partial charge is 0.251 e. The zero-order valence-corrected chi connectivity index (χ0v) is 13.7. The first-order chi connectivity index (χ1) is 10.3. The Morgan fingerprint density at radius 1 is 1.32 bits per heavy atom. The van der Waals surface area contributed by atoms with E-state index in [2.05, 4.69) is 5.32 Å². The third-order valence-corrected chi connectivity index (χ3v) is 5.54. The van der Waals surface area contributed by atoms with Crippen LogP contribution in [-0.4, -0.2) is 49.0 Å². The van der Waals surface area contributed by atoms with Gasteiger partial charge in [-0.1, -0.05) is 6.07 Å². The molecule has 0 unspecified atom stereocenters. The Balaban J connectivity index is 2.25. The molecule has 0 saturated carbocycles. The summed E-state index contributed by atoms with van der Waals surface area (Å²) in [4.78, 5) is 12.3. The Hall–Kier alpha value is -1.44. The number of carbonyl (C=O) groups is 1. The number of aliphatic hydroxyl groups excluding tert-OH is 1. The lowest BCUT2D eigenvalue weighted by atomic mass is 10.1. The van der Waals surface area contributed by atoms with Gasteiger partial charge in [-0.25, -0.2) is 8.42 Å². The van der Waals surface area contributed by atoms with Crippen molar-refractivity contribution in [3.8, 4) is 0 Å². The predicted molar refractivity (Wildman–Crippen MR) is 83.1 cm³/mol. The van der Waals surface area contributed by atoms with Crippen LogP contribution in [0, 0.1) is 0 Å². The quantitative estimate of drug-likeness (QED) is 0.844. The van der Waals surface area contributed by atoms with E-state index in [0.29, 0.717) is 13.1 Å². The first-order valence-corrected chi connectivity index (χ1v) is 8.74. The molecule has 0 bridgehead atoms. The Kier molecular flexibility index (Phi) is 4.89. The van der Waals surface area contributed by atoms with E-state index in [1.54, 1.807) is 26.0 Å². The molecule has 122 valence electrons. The molecular formula is C15H22N2O4S. The molecule has 0 aromatic heterocycles. The maximum Gasteiger partial charge on any atom is 0.251 e. The standard InChI is InChI=1S/C15H22N2O4S/c1-15(2,11-18)16-14(19)12-6-5-7-13(10-12)22(20,21)17-8-3-4-9-17/h5-7,10,18H,3-4,8-9,11H2,1-2H3,(H,16,19). The van der Waals surface area contributed by atoms with Crippen LogP contribution in [0.4, 0.5) is 0 Å². The lowest BCUT2D eigenvalue weighted by Gasteiger charge is -2.23. The monoisotopic (exact) mass is 326 g/mol. The molecule has 1 amide bonds. The van der Waals surface area contributed by atoms with E-state index < -0.39 is 21.5 Å². The summed E-state index contributed by atoms with van der Waals surface area (Å²) in [7, 11) is -3.54. The number of aliphatic hydroxyl groups is 1. The van der Waals surface area contributed by atoms with E-state index in [4.69, 9.17) is 0 Å². The lowest BCUT2D eigenvalue weighted by Crippen LogP contribution is -2.46. The second-order valence-electron chi connectivity index (χ2n) is 6.14. The minimum Gasteiger partial charge on any atom is -0.394 e. The minimum absolute atomic E-state index is 0.129. The molecule has 0 aliphatic carbocycles. The third kappa shape index (κ3) is 3.66. The number of sulfonamides is 1. The summed E-state index contributed by atoms with van der Waals surface area (Å²) >= 11 is 0. The van der Waals surface area contributed by atoms with Gasteiger partial charge in [-0.05, 0) is 44.9 Å². The Labute approximate surface area is 131 Å². The number of nitrogens with zero attached hydrogens (tertiary/aromatic N) is 1. The number of hydrogen-bond acceptors (Lipinski definition) is 4. The van der Waals surface area contributed by atoms with E-state index in [1.807, 2.05) is 0 Å². The van der Waals surface area contributed by atoms with Crippen molar-refractivity contribution in [3.63, 3.8) is 0 Å². The van der Waals surface area contributed by atoms with Gasteiger partial charge < -0.3 is 10.4 Å². The molecule has 2 rings (SSSR count). The van der Waals surface area contributed by atoms with E-state index in [-0.39, 0.29) is 17.1 Å².